The van der Waals surface area contributed by atoms with E-state index in [1.54, 1.807) is 0 Å². The highest BCUT2D eigenvalue weighted by molar-refractivity contribution is 6.13. The lowest BCUT2D eigenvalue weighted by Gasteiger charge is -2.26. The van der Waals surface area contributed by atoms with Gasteiger partial charge in [-0.2, -0.15) is 0 Å². The van der Waals surface area contributed by atoms with Gasteiger partial charge in [-0.3, -0.25) is 0 Å². The third-order valence-corrected chi connectivity index (χ3v) is 8.41. The monoisotopic (exact) mass is 547 g/mol. The van der Waals surface area contributed by atoms with Gasteiger partial charge in [0, 0.05) is 17.1 Å². The maximum Gasteiger partial charge on any atom is 0.0468 e. The molecule has 43 heavy (non-hydrogen) atoms. The SMILES string of the molecule is c1ccc(-c2cccc(N(c3ccc(-c4cc5ccccc5c5ccccc45)cc3)c3ccc4ccccc4c3)c2)cc1. The lowest BCUT2D eigenvalue weighted by Crippen LogP contribution is -2.10. The van der Waals surface area contributed by atoms with Crippen molar-refractivity contribution in [3.8, 4) is 22.3 Å². The molecule has 0 aliphatic rings. The zero-order valence-corrected chi connectivity index (χ0v) is 23.7. The smallest absolute Gasteiger partial charge is 0.0468 e. The molecule has 0 aromatic heterocycles. The lowest BCUT2D eigenvalue weighted by molar-refractivity contribution is 1.29. The second kappa shape index (κ2) is 10.6. The molecule has 0 unspecified atom stereocenters. The zero-order valence-electron chi connectivity index (χ0n) is 23.7. The van der Waals surface area contributed by atoms with Crippen LogP contribution in [0.3, 0.4) is 0 Å². The number of nitrogens with zero attached hydrogens (tertiary/aromatic N) is 1. The Morgan fingerprint density at radius 3 is 1.70 bits per heavy atom. The average Bonchev–Trinajstić information content (AvgIpc) is 3.09. The summed E-state index contributed by atoms with van der Waals surface area (Å²) in [6.45, 7) is 0. The number of hydrogen-bond acceptors (Lipinski definition) is 1. The molecule has 0 N–H and O–H groups in total. The second-order valence-electron chi connectivity index (χ2n) is 11.0. The number of anilines is 3. The predicted octanol–water partition coefficient (Wildman–Crippen LogP) is 11.9. The molecule has 0 fully saturated rings. The molecule has 0 aliphatic carbocycles. The van der Waals surface area contributed by atoms with Gasteiger partial charge in [0.05, 0.1) is 0 Å². The van der Waals surface area contributed by atoms with Crippen LogP contribution in [-0.2, 0) is 0 Å². The summed E-state index contributed by atoms with van der Waals surface area (Å²) in [5, 5.41) is 7.58. The molecule has 0 radical (unpaired) electrons. The molecular weight excluding hydrogens is 518 g/mol. The summed E-state index contributed by atoms with van der Waals surface area (Å²) in [6.07, 6.45) is 0. The molecule has 8 aromatic carbocycles. The molecule has 0 spiro atoms. The van der Waals surface area contributed by atoms with E-state index in [1.807, 2.05) is 0 Å². The number of hydrogen-bond donors (Lipinski definition) is 0. The van der Waals surface area contributed by atoms with Gasteiger partial charge in [0.15, 0.2) is 0 Å². The van der Waals surface area contributed by atoms with Crippen molar-refractivity contribution in [2.75, 3.05) is 4.90 Å². The Morgan fingerprint density at radius 2 is 0.884 bits per heavy atom. The van der Waals surface area contributed by atoms with Gasteiger partial charge in [-0.1, -0.05) is 133 Å². The average molecular weight is 548 g/mol. The standard InChI is InChI=1S/C42H29N/c1-2-11-30(12-3-1)34-16-10-17-37(27-34)43(38-26-21-31-13-4-5-14-33(31)28-38)36-24-22-32(23-25-36)42-29-35-15-6-7-18-39(35)40-19-8-9-20-41(40)42/h1-29H. The quantitative estimate of drug-likeness (QED) is 0.194. The third-order valence-electron chi connectivity index (χ3n) is 8.41. The van der Waals surface area contributed by atoms with Gasteiger partial charge in [-0.05, 0) is 97.0 Å². The minimum Gasteiger partial charge on any atom is -0.310 e. The van der Waals surface area contributed by atoms with Gasteiger partial charge in [0.2, 0.25) is 0 Å². The van der Waals surface area contributed by atoms with Crippen LogP contribution in [0.25, 0.3) is 54.6 Å². The summed E-state index contributed by atoms with van der Waals surface area (Å²) < 4.78 is 0. The molecule has 1 heteroatoms. The van der Waals surface area contributed by atoms with E-state index in [-0.39, 0.29) is 0 Å². The van der Waals surface area contributed by atoms with Crippen molar-refractivity contribution in [2.24, 2.45) is 0 Å². The Bertz CT molecular complexity index is 2230. The molecular formula is C42H29N. The molecule has 1 nitrogen and oxygen atoms in total. The molecule has 8 aromatic rings. The molecule has 0 amide bonds. The highest BCUT2D eigenvalue weighted by Gasteiger charge is 2.15. The molecule has 0 heterocycles. The predicted molar refractivity (Wildman–Crippen MR) is 185 cm³/mol. The largest absolute Gasteiger partial charge is 0.310 e. The van der Waals surface area contributed by atoms with Crippen molar-refractivity contribution in [1.29, 1.82) is 0 Å². The van der Waals surface area contributed by atoms with E-state index in [9.17, 15) is 0 Å². The van der Waals surface area contributed by atoms with E-state index in [4.69, 9.17) is 0 Å². The van der Waals surface area contributed by atoms with Crippen LogP contribution in [0.2, 0.25) is 0 Å². The van der Waals surface area contributed by atoms with E-state index in [0.717, 1.165) is 17.1 Å². The Hall–Kier alpha value is -5.66. The number of fused-ring (bicyclic) bond motifs is 4. The van der Waals surface area contributed by atoms with Crippen LogP contribution in [-0.4, -0.2) is 0 Å². The minimum atomic E-state index is 1.12. The topological polar surface area (TPSA) is 3.24 Å². The van der Waals surface area contributed by atoms with Crippen LogP contribution in [0.15, 0.2) is 176 Å². The fourth-order valence-corrected chi connectivity index (χ4v) is 6.30. The molecule has 0 aliphatic heterocycles. The Kier molecular flexibility index (Phi) is 6.20. The van der Waals surface area contributed by atoms with E-state index < -0.39 is 0 Å². The van der Waals surface area contributed by atoms with Crippen molar-refractivity contribution in [3.05, 3.63) is 176 Å². The first-order valence-corrected chi connectivity index (χ1v) is 14.8. The number of rotatable bonds is 5. The first kappa shape index (κ1) is 25.1. The first-order valence-electron chi connectivity index (χ1n) is 14.8. The van der Waals surface area contributed by atoms with Crippen LogP contribution in [0.4, 0.5) is 17.1 Å². The van der Waals surface area contributed by atoms with Crippen LogP contribution >= 0.6 is 0 Å². The molecule has 0 atom stereocenters. The van der Waals surface area contributed by atoms with Gasteiger partial charge < -0.3 is 4.90 Å². The Balaban J connectivity index is 1.27. The molecule has 0 saturated heterocycles. The molecule has 202 valence electrons. The summed E-state index contributed by atoms with van der Waals surface area (Å²) >= 11 is 0. The van der Waals surface area contributed by atoms with Gasteiger partial charge >= 0.3 is 0 Å². The number of benzene rings is 8. The fourth-order valence-electron chi connectivity index (χ4n) is 6.30. The summed E-state index contributed by atoms with van der Waals surface area (Å²) in [5.74, 6) is 0. The van der Waals surface area contributed by atoms with Crippen molar-refractivity contribution < 1.29 is 0 Å². The normalized spacial score (nSPS) is 11.3. The van der Waals surface area contributed by atoms with E-state index >= 15 is 0 Å². The second-order valence-corrected chi connectivity index (χ2v) is 11.0. The van der Waals surface area contributed by atoms with Crippen molar-refractivity contribution in [3.63, 3.8) is 0 Å². The van der Waals surface area contributed by atoms with E-state index in [2.05, 4.69) is 181 Å². The highest BCUT2D eigenvalue weighted by atomic mass is 15.1. The van der Waals surface area contributed by atoms with E-state index in [0.29, 0.717) is 0 Å². The molecule has 8 rings (SSSR count). The lowest BCUT2D eigenvalue weighted by atomic mass is 9.93. The Labute approximate surface area is 251 Å². The summed E-state index contributed by atoms with van der Waals surface area (Å²) in [4.78, 5) is 2.36. The van der Waals surface area contributed by atoms with Gasteiger partial charge in [0.1, 0.15) is 0 Å². The first-order chi connectivity index (χ1) is 21.3. The molecule has 0 bridgehead atoms. The summed E-state index contributed by atoms with van der Waals surface area (Å²) in [5.41, 5.74) is 8.25. The molecule has 0 saturated carbocycles. The van der Waals surface area contributed by atoms with E-state index in [1.165, 1.54) is 54.6 Å². The van der Waals surface area contributed by atoms with Crippen LogP contribution in [0.1, 0.15) is 0 Å². The van der Waals surface area contributed by atoms with Gasteiger partial charge in [-0.15, -0.1) is 0 Å². The fraction of sp³-hybridized carbons (Fsp3) is 0. The van der Waals surface area contributed by atoms with Crippen molar-refractivity contribution in [1.82, 2.24) is 0 Å². The van der Waals surface area contributed by atoms with Gasteiger partial charge in [0.25, 0.3) is 0 Å². The third kappa shape index (κ3) is 4.62. The zero-order chi connectivity index (χ0) is 28.6. The van der Waals surface area contributed by atoms with Crippen molar-refractivity contribution in [2.45, 2.75) is 0 Å². The van der Waals surface area contributed by atoms with Crippen LogP contribution in [0, 0.1) is 0 Å². The minimum absolute atomic E-state index is 1.12. The maximum atomic E-state index is 2.36. The maximum absolute atomic E-state index is 2.36. The van der Waals surface area contributed by atoms with Crippen LogP contribution < -0.4 is 4.90 Å². The van der Waals surface area contributed by atoms with Gasteiger partial charge in [-0.25, -0.2) is 0 Å². The van der Waals surface area contributed by atoms with Crippen LogP contribution in [0.5, 0.6) is 0 Å². The summed E-state index contributed by atoms with van der Waals surface area (Å²) in [6, 6.07) is 63.5. The van der Waals surface area contributed by atoms with Crippen molar-refractivity contribution >= 4 is 49.4 Å². The summed E-state index contributed by atoms with van der Waals surface area (Å²) in [7, 11) is 0. The highest BCUT2D eigenvalue weighted by Crippen LogP contribution is 2.40. The Morgan fingerprint density at radius 1 is 0.279 bits per heavy atom.